The molecule has 0 unspecified atom stereocenters. The van der Waals surface area contributed by atoms with Crippen molar-refractivity contribution in [2.45, 2.75) is 32.0 Å². The summed E-state index contributed by atoms with van der Waals surface area (Å²) < 4.78 is 40.9. The molecular formula is C15H15ClF3N3O. The topological polar surface area (TPSA) is 37.6 Å². The van der Waals surface area contributed by atoms with E-state index in [1.54, 1.807) is 18.3 Å². The van der Waals surface area contributed by atoms with Gasteiger partial charge in [-0.2, -0.15) is 18.3 Å². The average Bonchev–Trinajstić information content (AvgIpc) is 2.96. The van der Waals surface area contributed by atoms with Crippen molar-refractivity contribution in [1.82, 2.24) is 14.5 Å². The van der Waals surface area contributed by atoms with Crippen LogP contribution in [0.3, 0.4) is 0 Å². The van der Waals surface area contributed by atoms with Crippen LogP contribution in [0.15, 0.2) is 24.4 Å². The summed E-state index contributed by atoms with van der Waals surface area (Å²) >= 11 is 5.89. The van der Waals surface area contributed by atoms with E-state index in [1.165, 1.54) is 29.3 Å². The Morgan fingerprint density at radius 2 is 2.09 bits per heavy atom. The molecule has 8 heteroatoms. The Hall–Kier alpha value is -1.76. The van der Waals surface area contributed by atoms with Gasteiger partial charge in [-0.25, -0.2) is 4.52 Å². The minimum absolute atomic E-state index is 0.0602. The molecule has 0 aliphatic carbocycles. The zero-order valence-corrected chi connectivity index (χ0v) is 13.3. The number of carbonyl (C=O) groups is 1. The summed E-state index contributed by atoms with van der Waals surface area (Å²) in [5, 5.41) is 4.63. The average molecular weight is 346 g/mol. The number of aromatic nitrogens is 2. The molecule has 0 aromatic carbocycles. The number of rotatable bonds is 1. The van der Waals surface area contributed by atoms with Crippen LogP contribution in [0.2, 0.25) is 5.02 Å². The number of hydrogen-bond acceptors (Lipinski definition) is 2. The molecule has 0 N–H and O–H groups in total. The van der Waals surface area contributed by atoms with Crippen LogP contribution < -0.4 is 0 Å². The fourth-order valence-corrected chi connectivity index (χ4v) is 3.39. The zero-order valence-electron chi connectivity index (χ0n) is 12.6. The highest BCUT2D eigenvalue weighted by atomic mass is 35.5. The molecule has 3 heterocycles. The van der Waals surface area contributed by atoms with Gasteiger partial charge < -0.3 is 4.90 Å². The van der Waals surface area contributed by atoms with Crippen LogP contribution in [0.4, 0.5) is 13.2 Å². The van der Waals surface area contributed by atoms with Crippen molar-refractivity contribution >= 4 is 23.0 Å². The Bertz CT molecular complexity index is 769. The molecule has 1 fully saturated rings. The van der Waals surface area contributed by atoms with Gasteiger partial charge in [-0.05, 0) is 38.5 Å². The zero-order chi connectivity index (χ0) is 17.0. The molecule has 3 rings (SSSR count). The van der Waals surface area contributed by atoms with Gasteiger partial charge in [0.15, 0.2) is 5.69 Å². The Morgan fingerprint density at radius 1 is 1.39 bits per heavy atom. The second kappa shape index (κ2) is 5.12. The molecule has 1 atom stereocenters. The van der Waals surface area contributed by atoms with E-state index in [-0.39, 0.29) is 18.7 Å². The Morgan fingerprint density at radius 3 is 2.70 bits per heavy atom. The normalized spacial score (nSPS) is 21.1. The van der Waals surface area contributed by atoms with Gasteiger partial charge in [-0.15, -0.1) is 0 Å². The van der Waals surface area contributed by atoms with Crippen LogP contribution in [-0.4, -0.2) is 38.7 Å². The number of halogens is 4. The summed E-state index contributed by atoms with van der Waals surface area (Å²) in [4.78, 5) is 13.9. The van der Waals surface area contributed by atoms with Crippen LogP contribution >= 0.6 is 11.6 Å². The van der Waals surface area contributed by atoms with E-state index in [0.29, 0.717) is 10.5 Å². The fourth-order valence-electron chi connectivity index (χ4n) is 3.23. The van der Waals surface area contributed by atoms with Gasteiger partial charge in [-0.3, -0.25) is 4.79 Å². The van der Waals surface area contributed by atoms with Crippen molar-refractivity contribution in [2.75, 3.05) is 6.54 Å². The summed E-state index contributed by atoms with van der Waals surface area (Å²) in [6.07, 6.45) is -2.82. The predicted octanol–water partition coefficient (Wildman–Crippen LogP) is 3.79. The first-order chi connectivity index (χ1) is 10.6. The van der Waals surface area contributed by atoms with Crippen molar-refractivity contribution in [1.29, 1.82) is 0 Å². The quantitative estimate of drug-likeness (QED) is 0.788. The third-order valence-corrected chi connectivity index (χ3v) is 4.71. The summed E-state index contributed by atoms with van der Waals surface area (Å²) in [6, 6.07) is 4.79. The van der Waals surface area contributed by atoms with Gasteiger partial charge in [-0.1, -0.05) is 11.6 Å². The molecule has 2 aromatic rings. The fraction of sp³-hybridized carbons (Fsp3) is 0.467. The number of hydrogen-bond donors (Lipinski definition) is 0. The van der Waals surface area contributed by atoms with E-state index in [2.05, 4.69) is 5.10 Å². The monoisotopic (exact) mass is 345 g/mol. The van der Waals surface area contributed by atoms with Gasteiger partial charge in [0.1, 0.15) is 0 Å². The van der Waals surface area contributed by atoms with E-state index >= 15 is 0 Å². The van der Waals surface area contributed by atoms with Crippen LogP contribution in [0.5, 0.6) is 0 Å². The highest BCUT2D eigenvalue weighted by molar-refractivity contribution is 6.30. The summed E-state index contributed by atoms with van der Waals surface area (Å²) in [5.74, 6) is -2.04. The van der Waals surface area contributed by atoms with Crippen LogP contribution in [0, 0.1) is 5.92 Å². The molecule has 0 saturated carbocycles. The standard InChI is InChI=1S/C15H15ClF3N3O/c1-14(2)12(15(17,18)19)4-5-21(14)13(23)11-8-10-7-9(16)3-6-22(10)20-11/h3,6-8,12H,4-5H2,1-2H3/t12-/m0/s1. The van der Waals surface area contributed by atoms with Gasteiger partial charge in [0.05, 0.1) is 11.4 Å². The minimum atomic E-state index is -4.33. The molecule has 1 aliphatic rings. The molecule has 4 nitrogen and oxygen atoms in total. The molecule has 23 heavy (non-hydrogen) atoms. The highest BCUT2D eigenvalue weighted by Gasteiger charge is 2.56. The molecule has 1 amide bonds. The van der Waals surface area contributed by atoms with Crippen molar-refractivity contribution in [2.24, 2.45) is 5.92 Å². The lowest BCUT2D eigenvalue weighted by Gasteiger charge is -2.36. The van der Waals surface area contributed by atoms with Crippen molar-refractivity contribution in [3.8, 4) is 0 Å². The van der Waals surface area contributed by atoms with E-state index in [9.17, 15) is 18.0 Å². The Balaban J connectivity index is 1.93. The largest absolute Gasteiger partial charge is 0.394 e. The molecule has 1 saturated heterocycles. The number of nitrogens with zero attached hydrogens (tertiary/aromatic N) is 3. The van der Waals surface area contributed by atoms with Crippen molar-refractivity contribution in [3.63, 3.8) is 0 Å². The summed E-state index contributed by atoms with van der Waals surface area (Å²) in [7, 11) is 0. The first-order valence-electron chi connectivity index (χ1n) is 7.14. The summed E-state index contributed by atoms with van der Waals surface area (Å²) in [5.41, 5.74) is -0.573. The third-order valence-electron chi connectivity index (χ3n) is 4.47. The van der Waals surface area contributed by atoms with Crippen LogP contribution in [-0.2, 0) is 0 Å². The van der Waals surface area contributed by atoms with Gasteiger partial charge in [0, 0.05) is 23.3 Å². The molecule has 0 radical (unpaired) electrons. The van der Waals surface area contributed by atoms with Crippen LogP contribution in [0.1, 0.15) is 30.8 Å². The molecule has 1 aliphatic heterocycles. The number of carbonyl (C=O) groups excluding carboxylic acids is 1. The third kappa shape index (κ3) is 2.67. The maximum atomic E-state index is 13.1. The number of likely N-dealkylation sites (tertiary alicyclic amines) is 1. The number of alkyl halides is 3. The van der Waals surface area contributed by atoms with E-state index in [4.69, 9.17) is 11.6 Å². The second-order valence-corrected chi connectivity index (χ2v) is 6.67. The molecular weight excluding hydrogens is 331 g/mol. The smallest absolute Gasteiger partial charge is 0.331 e. The lowest BCUT2D eigenvalue weighted by Crippen LogP contribution is -2.49. The number of amides is 1. The maximum Gasteiger partial charge on any atom is 0.394 e. The molecule has 0 bridgehead atoms. The maximum absolute atomic E-state index is 13.1. The molecule has 124 valence electrons. The predicted molar refractivity (Wildman–Crippen MR) is 79.5 cm³/mol. The van der Waals surface area contributed by atoms with Crippen LogP contribution in [0.25, 0.3) is 5.52 Å². The lowest BCUT2D eigenvalue weighted by atomic mass is 9.88. The molecule has 0 spiro atoms. The number of fused-ring (bicyclic) bond motifs is 1. The lowest BCUT2D eigenvalue weighted by molar-refractivity contribution is -0.189. The Kier molecular flexibility index (Phi) is 3.59. The minimum Gasteiger partial charge on any atom is -0.331 e. The van der Waals surface area contributed by atoms with E-state index in [1.807, 2.05) is 0 Å². The van der Waals surface area contributed by atoms with Crippen molar-refractivity contribution in [3.05, 3.63) is 35.1 Å². The Labute approximate surface area is 135 Å². The highest BCUT2D eigenvalue weighted by Crippen LogP contribution is 2.45. The van der Waals surface area contributed by atoms with E-state index in [0.717, 1.165) is 0 Å². The molecule has 2 aromatic heterocycles. The second-order valence-electron chi connectivity index (χ2n) is 6.24. The van der Waals surface area contributed by atoms with Crippen molar-refractivity contribution < 1.29 is 18.0 Å². The SMILES string of the molecule is CC1(C)[C@@H](C(F)(F)F)CCN1C(=O)c1cc2cc(Cl)ccn2n1. The van der Waals surface area contributed by atoms with Gasteiger partial charge in [0.2, 0.25) is 0 Å². The van der Waals surface area contributed by atoms with Gasteiger partial charge >= 0.3 is 6.18 Å². The first-order valence-corrected chi connectivity index (χ1v) is 7.52. The summed E-state index contributed by atoms with van der Waals surface area (Å²) in [6.45, 7) is 2.95. The van der Waals surface area contributed by atoms with Gasteiger partial charge in [0.25, 0.3) is 5.91 Å². The first kappa shape index (κ1) is 16.1. The number of pyridine rings is 1. The van der Waals surface area contributed by atoms with E-state index < -0.39 is 23.5 Å².